The number of hydrogen-bond acceptors (Lipinski definition) is 5. The zero-order chi connectivity index (χ0) is 10.8. The number of carbonyl (C=O) groups is 1. The predicted octanol–water partition coefficient (Wildman–Crippen LogP) is -1.91. The Kier molecular flexibility index (Phi) is 8.45. The molecule has 0 bridgehead atoms. The maximum Gasteiger partial charge on any atom is 0.247 e. The van der Waals surface area contributed by atoms with Crippen LogP contribution in [0.3, 0.4) is 0 Å². The molecule has 6 heteroatoms. The highest BCUT2D eigenvalue weighted by Crippen LogP contribution is 1.78. The van der Waals surface area contributed by atoms with Gasteiger partial charge in [0.25, 0.3) is 0 Å². The lowest BCUT2D eigenvalue weighted by atomic mass is 10.3. The Morgan fingerprint density at radius 2 is 2.21 bits per heavy atom. The Labute approximate surface area is 83.4 Å². The number of nitrogens with one attached hydrogen (secondary N) is 1. The van der Waals surface area contributed by atoms with Crippen LogP contribution in [-0.4, -0.2) is 57.1 Å². The molecule has 0 rings (SSSR count). The summed E-state index contributed by atoms with van der Waals surface area (Å²) in [4.78, 5) is 10.4. The molecular formula is C8H18N2O4. The highest BCUT2D eigenvalue weighted by molar-refractivity contribution is 5.78. The Bertz CT molecular complexity index is 154. The molecule has 0 fully saturated rings. The van der Waals surface area contributed by atoms with E-state index in [4.69, 9.17) is 20.3 Å². The van der Waals surface area contributed by atoms with E-state index >= 15 is 0 Å². The molecule has 0 aliphatic heterocycles. The van der Waals surface area contributed by atoms with Gasteiger partial charge in [0.1, 0.15) is 6.10 Å². The molecule has 6 nitrogen and oxygen atoms in total. The zero-order valence-corrected chi connectivity index (χ0v) is 8.36. The lowest BCUT2D eigenvalue weighted by Crippen LogP contribution is -2.38. The topological polar surface area (TPSA) is 93.8 Å². The van der Waals surface area contributed by atoms with Gasteiger partial charge in [-0.05, 0) is 0 Å². The van der Waals surface area contributed by atoms with Crippen LogP contribution in [-0.2, 0) is 14.3 Å². The Balaban J connectivity index is 3.09. The molecule has 0 saturated carbocycles. The average Bonchev–Trinajstić information content (AvgIpc) is 2.16. The van der Waals surface area contributed by atoms with Crippen molar-refractivity contribution in [1.82, 2.24) is 5.32 Å². The van der Waals surface area contributed by atoms with Crippen LogP contribution < -0.4 is 11.1 Å². The minimum atomic E-state index is -1.13. The largest absolute Gasteiger partial charge is 0.382 e. The van der Waals surface area contributed by atoms with Crippen molar-refractivity contribution in [2.75, 3.05) is 40.0 Å². The molecule has 4 N–H and O–H groups in total. The van der Waals surface area contributed by atoms with Crippen LogP contribution in [0.5, 0.6) is 0 Å². The minimum absolute atomic E-state index is 0.156. The fourth-order valence-electron chi connectivity index (χ4n) is 0.728. The third-order valence-corrected chi connectivity index (χ3v) is 1.52. The summed E-state index contributed by atoms with van der Waals surface area (Å²) in [6.45, 7) is 2.33. The van der Waals surface area contributed by atoms with Gasteiger partial charge in [-0.3, -0.25) is 4.79 Å². The van der Waals surface area contributed by atoms with Crippen LogP contribution in [0.25, 0.3) is 0 Å². The fraction of sp³-hybridized carbons (Fsp3) is 0.875. The molecule has 0 aromatic rings. The number of nitrogens with two attached hydrogens (primary N) is 1. The maximum atomic E-state index is 10.4. The first kappa shape index (κ1) is 13.3. The monoisotopic (exact) mass is 206 g/mol. The van der Waals surface area contributed by atoms with E-state index in [2.05, 4.69) is 5.32 Å². The quantitative estimate of drug-likeness (QED) is 0.383. The summed E-state index contributed by atoms with van der Waals surface area (Å²) >= 11 is 0. The lowest BCUT2D eigenvalue weighted by molar-refractivity contribution is -0.125. The van der Waals surface area contributed by atoms with Gasteiger partial charge in [0, 0.05) is 20.2 Å². The summed E-state index contributed by atoms with van der Waals surface area (Å²) in [5.74, 6) is -0.724. The van der Waals surface area contributed by atoms with Crippen molar-refractivity contribution in [1.29, 1.82) is 0 Å². The molecule has 0 heterocycles. The predicted molar refractivity (Wildman–Crippen MR) is 50.8 cm³/mol. The Hall–Kier alpha value is -0.690. The number of aliphatic hydroxyl groups is 1. The Morgan fingerprint density at radius 1 is 1.50 bits per heavy atom. The third-order valence-electron chi connectivity index (χ3n) is 1.52. The summed E-state index contributed by atoms with van der Waals surface area (Å²) in [5.41, 5.74) is 4.84. The van der Waals surface area contributed by atoms with Gasteiger partial charge in [0.15, 0.2) is 0 Å². The van der Waals surface area contributed by atoms with Crippen LogP contribution in [0.1, 0.15) is 0 Å². The van der Waals surface area contributed by atoms with Gasteiger partial charge in [-0.1, -0.05) is 0 Å². The van der Waals surface area contributed by atoms with Crippen LogP contribution in [0.15, 0.2) is 0 Å². The number of hydrogen-bond donors (Lipinski definition) is 3. The van der Waals surface area contributed by atoms with E-state index in [1.165, 1.54) is 0 Å². The number of amides is 1. The number of rotatable bonds is 9. The van der Waals surface area contributed by atoms with Gasteiger partial charge in [0.2, 0.25) is 5.91 Å². The van der Waals surface area contributed by atoms with Crippen LogP contribution >= 0.6 is 0 Å². The minimum Gasteiger partial charge on any atom is -0.382 e. The van der Waals surface area contributed by atoms with E-state index in [9.17, 15) is 4.79 Å². The van der Waals surface area contributed by atoms with E-state index in [1.807, 2.05) is 0 Å². The maximum absolute atomic E-state index is 10.4. The summed E-state index contributed by atoms with van der Waals surface area (Å²) in [6.07, 6.45) is -1.13. The molecule has 0 spiro atoms. The van der Waals surface area contributed by atoms with E-state index in [0.717, 1.165) is 0 Å². The summed E-state index contributed by atoms with van der Waals surface area (Å²) in [6, 6.07) is 0. The molecule has 0 aromatic heterocycles. The van der Waals surface area contributed by atoms with Crippen molar-refractivity contribution in [2.45, 2.75) is 6.10 Å². The second-order valence-electron chi connectivity index (χ2n) is 2.73. The summed E-state index contributed by atoms with van der Waals surface area (Å²) in [5, 5.41) is 11.8. The molecule has 0 saturated heterocycles. The van der Waals surface area contributed by atoms with Gasteiger partial charge in [-0.15, -0.1) is 0 Å². The molecule has 0 radical (unpaired) electrons. The molecule has 1 unspecified atom stereocenters. The first-order valence-electron chi connectivity index (χ1n) is 4.43. The standard InChI is InChI=1S/C8H18N2O4/c1-13-4-5-14-3-2-10-6-7(11)8(9)12/h7,10-11H,2-6H2,1H3,(H2,9,12). The molecule has 0 aliphatic carbocycles. The average molecular weight is 206 g/mol. The molecule has 84 valence electrons. The second kappa shape index (κ2) is 8.89. The zero-order valence-electron chi connectivity index (χ0n) is 8.36. The first-order valence-corrected chi connectivity index (χ1v) is 4.43. The van der Waals surface area contributed by atoms with Crippen molar-refractivity contribution >= 4 is 5.91 Å². The van der Waals surface area contributed by atoms with Crippen LogP contribution in [0.2, 0.25) is 0 Å². The molecule has 0 aliphatic rings. The number of ether oxygens (including phenoxy) is 2. The SMILES string of the molecule is COCCOCCNCC(O)C(N)=O. The number of carbonyl (C=O) groups excluding carboxylic acids is 1. The van der Waals surface area contributed by atoms with E-state index in [0.29, 0.717) is 26.4 Å². The number of methoxy groups -OCH3 is 1. The summed E-state index contributed by atoms with van der Waals surface area (Å²) < 4.78 is 9.90. The van der Waals surface area contributed by atoms with Crippen molar-refractivity contribution < 1.29 is 19.4 Å². The molecule has 0 aromatic carbocycles. The molecule has 1 atom stereocenters. The second-order valence-corrected chi connectivity index (χ2v) is 2.73. The van der Waals surface area contributed by atoms with Crippen LogP contribution in [0, 0.1) is 0 Å². The molecule has 1 amide bonds. The van der Waals surface area contributed by atoms with Gasteiger partial charge in [0.05, 0.1) is 19.8 Å². The van der Waals surface area contributed by atoms with Crippen molar-refractivity contribution in [3.63, 3.8) is 0 Å². The van der Waals surface area contributed by atoms with Crippen molar-refractivity contribution in [3.05, 3.63) is 0 Å². The van der Waals surface area contributed by atoms with E-state index < -0.39 is 12.0 Å². The highest BCUT2D eigenvalue weighted by atomic mass is 16.5. The van der Waals surface area contributed by atoms with Crippen LogP contribution in [0.4, 0.5) is 0 Å². The van der Waals surface area contributed by atoms with Gasteiger partial charge < -0.3 is 25.6 Å². The normalized spacial score (nSPS) is 12.7. The summed E-state index contributed by atoms with van der Waals surface area (Å²) in [7, 11) is 1.60. The van der Waals surface area contributed by atoms with Crippen molar-refractivity contribution in [3.8, 4) is 0 Å². The number of primary amides is 1. The van der Waals surface area contributed by atoms with E-state index in [1.54, 1.807) is 7.11 Å². The van der Waals surface area contributed by atoms with Gasteiger partial charge >= 0.3 is 0 Å². The third kappa shape index (κ3) is 7.93. The molecule has 14 heavy (non-hydrogen) atoms. The number of aliphatic hydroxyl groups excluding tert-OH is 1. The smallest absolute Gasteiger partial charge is 0.247 e. The highest BCUT2D eigenvalue weighted by Gasteiger charge is 2.08. The van der Waals surface area contributed by atoms with Gasteiger partial charge in [-0.25, -0.2) is 0 Å². The van der Waals surface area contributed by atoms with Crippen molar-refractivity contribution in [2.24, 2.45) is 5.73 Å². The fourth-order valence-corrected chi connectivity index (χ4v) is 0.728. The lowest BCUT2D eigenvalue weighted by Gasteiger charge is -2.08. The first-order chi connectivity index (χ1) is 6.68. The van der Waals surface area contributed by atoms with E-state index in [-0.39, 0.29) is 6.54 Å². The Morgan fingerprint density at radius 3 is 2.79 bits per heavy atom. The molecular weight excluding hydrogens is 188 g/mol. The van der Waals surface area contributed by atoms with Gasteiger partial charge in [-0.2, -0.15) is 0 Å².